The van der Waals surface area contributed by atoms with Crippen LogP contribution in [0.15, 0.2) is 89.3 Å². The quantitative estimate of drug-likeness (QED) is 0.173. The molecule has 15 heteroatoms. The van der Waals surface area contributed by atoms with Crippen LogP contribution >= 0.6 is 0 Å². The van der Waals surface area contributed by atoms with Gasteiger partial charge in [-0.25, -0.2) is 4.98 Å². The van der Waals surface area contributed by atoms with Crippen LogP contribution in [0.1, 0.15) is 0 Å². The molecular weight excluding hydrogens is 649 g/mol. The number of nitrogens with zero attached hydrogens (tertiary/aromatic N) is 4. The van der Waals surface area contributed by atoms with E-state index in [-0.39, 0.29) is 0 Å². The predicted octanol–water partition coefficient (Wildman–Crippen LogP) is -7.55. The molecule has 0 spiro atoms. The SMILES string of the molecule is Bc1c(B)c(B)c(-c2nc(-c3cccc4c3oc3c(-c5c(B)c(B)c(B)c(B)c5B)cccc34)nc(-n3c4ccccc4c4ccccc43)n2)c(B)c1B. The predicted molar refractivity (Wildman–Crippen MR) is 260 cm³/mol. The van der Waals surface area contributed by atoms with Crippen molar-refractivity contribution in [1.82, 2.24) is 19.5 Å². The first-order valence-corrected chi connectivity index (χ1v) is 18.8. The number of para-hydroxylation sites is 4. The molecule has 246 valence electrons. The first-order valence-electron chi connectivity index (χ1n) is 18.8. The Bertz CT molecular complexity index is 2970. The van der Waals surface area contributed by atoms with Crippen LogP contribution in [0.25, 0.3) is 83.6 Å². The molecule has 3 heterocycles. The Morgan fingerprint density at radius 2 is 0.778 bits per heavy atom. The molecule has 54 heavy (non-hydrogen) atoms. The molecule has 0 atom stereocenters. The zero-order valence-electron chi connectivity index (χ0n) is 32.8. The standard InChI is InChI=1S/C39H34B10N4O/c40-25-23(26(41)30(45)33(48)29(25)44)19-11-5-9-17-18-10-6-12-20(36(18)54-35(17)19)37-50-38(24-27(42)31(46)34(49)32(47)28(24)43)52-39(51-37)53-21-13-3-1-7-15(21)16-8-2-4-14-22(16)53/h1-14H,40-49H2. The molecule has 0 bridgehead atoms. The fourth-order valence-electron chi connectivity index (χ4n) is 8.77. The van der Waals surface area contributed by atoms with Crippen molar-refractivity contribution >= 4 is 177 Å². The molecule has 0 aliphatic heterocycles. The third-order valence-electron chi connectivity index (χ3n) is 12.7. The van der Waals surface area contributed by atoms with Gasteiger partial charge in [0.1, 0.15) is 89.6 Å². The number of hydrogen-bond acceptors (Lipinski definition) is 4. The van der Waals surface area contributed by atoms with E-state index in [2.05, 4.69) is 168 Å². The third kappa shape index (κ3) is 4.90. The van der Waals surface area contributed by atoms with Gasteiger partial charge in [-0.3, -0.25) is 4.57 Å². The largest absolute Gasteiger partial charge is 0.455 e. The Hall–Kier alpha value is -5.42. The molecule has 0 fully saturated rings. The van der Waals surface area contributed by atoms with Crippen LogP contribution in [-0.4, -0.2) is 98.0 Å². The highest BCUT2D eigenvalue weighted by atomic mass is 16.3. The zero-order valence-corrected chi connectivity index (χ0v) is 32.8. The molecule has 6 aromatic carbocycles. The normalized spacial score (nSPS) is 11.7. The number of benzene rings is 6. The lowest BCUT2D eigenvalue weighted by atomic mass is 9.59. The highest BCUT2D eigenvalue weighted by Crippen LogP contribution is 2.39. The van der Waals surface area contributed by atoms with Gasteiger partial charge in [-0.2, -0.15) is 9.97 Å². The van der Waals surface area contributed by atoms with Gasteiger partial charge >= 0.3 is 0 Å². The summed E-state index contributed by atoms with van der Waals surface area (Å²) in [6.45, 7) is 0. The second-order valence-electron chi connectivity index (χ2n) is 15.1. The average molecular weight is 683 g/mol. The minimum Gasteiger partial charge on any atom is -0.455 e. The van der Waals surface area contributed by atoms with Crippen LogP contribution in [0.5, 0.6) is 0 Å². The van der Waals surface area contributed by atoms with Crippen LogP contribution in [0, 0.1) is 0 Å². The van der Waals surface area contributed by atoms with E-state index >= 15 is 0 Å². The fraction of sp³-hybridized carbons (Fsp3) is 0. The van der Waals surface area contributed by atoms with Crippen LogP contribution in [0.3, 0.4) is 0 Å². The van der Waals surface area contributed by atoms with E-state index in [1.165, 1.54) is 60.2 Å². The molecule has 0 saturated heterocycles. The topological polar surface area (TPSA) is 56.7 Å². The van der Waals surface area contributed by atoms with Gasteiger partial charge < -0.3 is 4.42 Å². The van der Waals surface area contributed by atoms with E-state index in [0.29, 0.717) is 17.6 Å². The summed E-state index contributed by atoms with van der Waals surface area (Å²) >= 11 is 0. The number of rotatable bonds is 4. The first-order chi connectivity index (χ1) is 26.0. The molecule has 0 N–H and O–H groups in total. The van der Waals surface area contributed by atoms with Crippen molar-refractivity contribution in [3.05, 3.63) is 84.9 Å². The minimum atomic E-state index is 0.576. The maximum Gasteiger partial charge on any atom is 0.238 e. The highest BCUT2D eigenvalue weighted by molar-refractivity contribution is 6.70. The molecule has 9 rings (SSSR count). The number of furan rings is 1. The van der Waals surface area contributed by atoms with Crippen molar-refractivity contribution in [3.63, 3.8) is 0 Å². The molecule has 9 aromatic rings. The lowest BCUT2D eigenvalue weighted by molar-refractivity contribution is 0.670. The molecule has 5 nitrogen and oxygen atoms in total. The van der Waals surface area contributed by atoms with Gasteiger partial charge in [-0.1, -0.05) is 88.6 Å². The van der Waals surface area contributed by atoms with E-state index < -0.39 is 0 Å². The molecule has 0 aliphatic rings. The van der Waals surface area contributed by atoms with Crippen molar-refractivity contribution in [2.45, 2.75) is 0 Å². The second kappa shape index (κ2) is 12.6. The molecule has 0 radical (unpaired) electrons. The van der Waals surface area contributed by atoms with Crippen LogP contribution in [0.2, 0.25) is 0 Å². The van der Waals surface area contributed by atoms with Gasteiger partial charge in [0.15, 0.2) is 11.6 Å². The summed E-state index contributed by atoms with van der Waals surface area (Å²) in [7, 11) is 22.1. The summed E-state index contributed by atoms with van der Waals surface area (Å²) in [6, 6.07) is 29.8. The third-order valence-corrected chi connectivity index (χ3v) is 12.7. The average Bonchev–Trinajstić information content (AvgIpc) is 3.74. The highest BCUT2D eigenvalue weighted by Gasteiger charge is 2.24. The summed E-state index contributed by atoms with van der Waals surface area (Å²) in [4.78, 5) is 16.0. The van der Waals surface area contributed by atoms with Crippen molar-refractivity contribution in [1.29, 1.82) is 0 Å². The Balaban J connectivity index is 1.37. The minimum absolute atomic E-state index is 0.576. The lowest BCUT2D eigenvalue weighted by Gasteiger charge is -2.20. The Labute approximate surface area is 324 Å². The van der Waals surface area contributed by atoms with E-state index in [0.717, 1.165) is 60.4 Å². The van der Waals surface area contributed by atoms with E-state index in [1.807, 2.05) is 0 Å². The van der Waals surface area contributed by atoms with Crippen molar-refractivity contribution in [3.8, 4) is 39.9 Å². The molecule has 0 amide bonds. The van der Waals surface area contributed by atoms with Crippen LogP contribution in [-0.2, 0) is 0 Å². The number of fused-ring (bicyclic) bond motifs is 6. The molecule has 0 unspecified atom stereocenters. The summed E-state index contributed by atoms with van der Waals surface area (Å²) in [5.74, 6) is 1.81. The van der Waals surface area contributed by atoms with Crippen molar-refractivity contribution in [2.75, 3.05) is 0 Å². The zero-order chi connectivity index (χ0) is 37.7. The Kier molecular flexibility index (Phi) is 8.00. The van der Waals surface area contributed by atoms with Gasteiger partial charge in [0.05, 0.1) is 16.6 Å². The number of hydrogen-bond donors (Lipinski definition) is 0. The van der Waals surface area contributed by atoms with E-state index in [4.69, 9.17) is 19.4 Å². The van der Waals surface area contributed by atoms with E-state index in [1.54, 1.807) is 0 Å². The maximum absolute atomic E-state index is 7.05. The van der Waals surface area contributed by atoms with Crippen LogP contribution < -0.4 is 54.6 Å². The van der Waals surface area contributed by atoms with Crippen molar-refractivity contribution in [2.24, 2.45) is 0 Å². The summed E-state index contributed by atoms with van der Waals surface area (Å²) < 4.78 is 9.24. The molecule has 3 aromatic heterocycles. The summed E-state index contributed by atoms with van der Waals surface area (Å²) in [5.41, 5.74) is 20.7. The second-order valence-corrected chi connectivity index (χ2v) is 15.1. The van der Waals surface area contributed by atoms with Crippen LogP contribution in [0.4, 0.5) is 0 Å². The van der Waals surface area contributed by atoms with Gasteiger partial charge in [0.2, 0.25) is 5.95 Å². The van der Waals surface area contributed by atoms with Crippen molar-refractivity contribution < 1.29 is 4.42 Å². The fourth-order valence-corrected chi connectivity index (χ4v) is 8.77. The Morgan fingerprint density at radius 1 is 0.370 bits per heavy atom. The van der Waals surface area contributed by atoms with Gasteiger partial charge in [-0.15, -0.1) is 32.8 Å². The molecule has 0 saturated carbocycles. The van der Waals surface area contributed by atoms with E-state index in [9.17, 15) is 0 Å². The smallest absolute Gasteiger partial charge is 0.238 e. The van der Waals surface area contributed by atoms with Gasteiger partial charge in [0.25, 0.3) is 0 Å². The summed E-state index contributed by atoms with van der Waals surface area (Å²) in [6.07, 6.45) is 0. The van der Waals surface area contributed by atoms with Gasteiger partial charge in [0, 0.05) is 32.7 Å². The maximum atomic E-state index is 7.05. The molecule has 0 aliphatic carbocycles. The summed E-state index contributed by atoms with van der Waals surface area (Å²) in [5, 5.41) is 4.43. The lowest BCUT2D eigenvalue weighted by Crippen LogP contribution is -2.55. The van der Waals surface area contributed by atoms with Gasteiger partial charge in [-0.05, 0) is 23.8 Å². The Morgan fingerprint density at radius 3 is 1.31 bits per heavy atom. The molecular formula is C39H34B10N4O. The monoisotopic (exact) mass is 684 g/mol. The first kappa shape index (κ1) is 34.4. The number of aromatic nitrogens is 4.